The van der Waals surface area contributed by atoms with Crippen LogP contribution in [0.1, 0.15) is 34.1 Å². The molecule has 3 rings (SSSR count). The van der Waals surface area contributed by atoms with E-state index in [1.165, 1.54) is 0 Å². The molecule has 8 heteroatoms. The minimum absolute atomic E-state index is 0.127. The van der Waals surface area contributed by atoms with Crippen molar-refractivity contribution in [3.63, 3.8) is 0 Å². The van der Waals surface area contributed by atoms with Gasteiger partial charge in [0.2, 0.25) is 5.95 Å². The molecule has 2 aromatic rings. The van der Waals surface area contributed by atoms with Crippen molar-refractivity contribution in [1.29, 1.82) is 0 Å². The van der Waals surface area contributed by atoms with Crippen molar-refractivity contribution in [2.45, 2.75) is 19.4 Å². The van der Waals surface area contributed by atoms with Gasteiger partial charge in [0.05, 0.1) is 12.6 Å². The highest BCUT2D eigenvalue weighted by Gasteiger charge is 2.27. The van der Waals surface area contributed by atoms with Gasteiger partial charge in [-0.05, 0) is 31.0 Å². The van der Waals surface area contributed by atoms with Crippen LogP contribution in [0.3, 0.4) is 0 Å². The van der Waals surface area contributed by atoms with E-state index in [2.05, 4.69) is 20.2 Å². The summed E-state index contributed by atoms with van der Waals surface area (Å²) in [4.78, 5) is 22.5. The highest BCUT2D eigenvalue weighted by atomic mass is 35.5. The van der Waals surface area contributed by atoms with Crippen LogP contribution in [0.25, 0.3) is 0 Å². The second kappa shape index (κ2) is 7.88. The Kier molecular flexibility index (Phi) is 5.58. The molecule has 0 aliphatic carbocycles. The van der Waals surface area contributed by atoms with E-state index >= 15 is 0 Å². The van der Waals surface area contributed by atoms with E-state index in [1.54, 1.807) is 19.2 Å². The van der Waals surface area contributed by atoms with E-state index in [0.717, 1.165) is 30.0 Å². The second-order valence-electron chi connectivity index (χ2n) is 6.18. The maximum absolute atomic E-state index is 11.8. The predicted octanol–water partition coefficient (Wildman–Crippen LogP) is 2.35. The number of nitrogens with two attached hydrogens (primary N) is 1. The molecule has 1 aliphatic rings. The molecule has 1 aliphatic heterocycles. The molecule has 138 valence electrons. The molecule has 1 unspecified atom stereocenters. The van der Waals surface area contributed by atoms with Gasteiger partial charge in [-0.2, -0.15) is 4.98 Å². The Labute approximate surface area is 157 Å². The number of nitrogen functional groups attached to an aromatic ring is 1. The van der Waals surface area contributed by atoms with Gasteiger partial charge in [-0.1, -0.05) is 17.7 Å². The van der Waals surface area contributed by atoms with Gasteiger partial charge in [0.25, 0.3) is 5.91 Å². The lowest BCUT2D eigenvalue weighted by molar-refractivity contribution is 0.0963. The largest absolute Gasteiger partial charge is 0.379 e. The number of carbonyl (C=O) groups excluding carboxylic acids is 1. The molecule has 1 aromatic heterocycles. The number of halogens is 1. The van der Waals surface area contributed by atoms with Crippen LogP contribution in [-0.2, 0) is 4.74 Å². The zero-order valence-corrected chi connectivity index (χ0v) is 15.6. The number of nitrogens with one attached hydrogen (secondary N) is 1. The lowest BCUT2D eigenvalue weighted by Crippen LogP contribution is -2.32. The van der Waals surface area contributed by atoms with E-state index in [-0.39, 0.29) is 17.9 Å². The third kappa shape index (κ3) is 3.89. The lowest BCUT2D eigenvalue weighted by Gasteiger charge is -2.31. The summed E-state index contributed by atoms with van der Waals surface area (Å²) in [6.07, 6.45) is 0.868. The number of nitrogens with zero attached hydrogens (tertiary/aromatic N) is 3. The fourth-order valence-corrected chi connectivity index (χ4v) is 3.42. The van der Waals surface area contributed by atoms with Gasteiger partial charge < -0.3 is 20.7 Å². The van der Waals surface area contributed by atoms with E-state index in [9.17, 15) is 4.79 Å². The minimum atomic E-state index is -0.174. The van der Waals surface area contributed by atoms with Crippen LogP contribution in [0.4, 0.5) is 11.8 Å². The third-order valence-electron chi connectivity index (χ3n) is 4.34. The molecule has 1 aromatic carbocycles. The Bertz CT molecular complexity index is 794. The maximum Gasteiger partial charge on any atom is 0.251 e. The Hall–Kier alpha value is -2.38. The summed E-state index contributed by atoms with van der Waals surface area (Å²) in [7, 11) is 1.59. The normalized spacial score (nSPS) is 17.7. The second-order valence-corrected chi connectivity index (χ2v) is 6.59. The molecule has 1 atom stereocenters. The smallest absolute Gasteiger partial charge is 0.251 e. The van der Waals surface area contributed by atoms with Crippen molar-refractivity contribution in [2.24, 2.45) is 0 Å². The number of aryl methyl sites for hydroxylation is 1. The monoisotopic (exact) mass is 375 g/mol. The van der Waals surface area contributed by atoms with Gasteiger partial charge in [-0.15, -0.1) is 0 Å². The number of rotatable bonds is 3. The molecule has 0 spiro atoms. The Morgan fingerprint density at radius 3 is 2.88 bits per heavy atom. The van der Waals surface area contributed by atoms with E-state index in [4.69, 9.17) is 22.1 Å². The Morgan fingerprint density at radius 1 is 1.38 bits per heavy atom. The van der Waals surface area contributed by atoms with Gasteiger partial charge in [-0.3, -0.25) is 4.79 Å². The first-order chi connectivity index (χ1) is 12.5. The van der Waals surface area contributed by atoms with Crippen LogP contribution in [0.15, 0.2) is 24.3 Å². The van der Waals surface area contributed by atoms with Crippen LogP contribution in [0, 0.1) is 6.92 Å². The summed E-state index contributed by atoms with van der Waals surface area (Å²) in [5, 5.41) is 3.12. The molecule has 0 saturated carbocycles. The molecule has 3 N–H and O–H groups in total. The van der Waals surface area contributed by atoms with Crippen molar-refractivity contribution in [2.75, 3.05) is 37.4 Å². The fourth-order valence-electron chi connectivity index (χ4n) is 3.11. The number of ether oxygens (including phenoxy) is 1. The number of anilines is 2. The quantitative estimate of drug-likeness (QED) is 0.855. The van der Waals surface area contributed by atoms with Gasteiger partial charge in [0.1, 0.15) is 5.82 Å². The molecule has 1 fully saturated rings. The van der Waals surface area contributed by atoms with Gasteiger partial charge >= 0.3 is 0 Å². The van der Waals surface area contributed by atoms with Crippen LogP contribution in [-0.4, -0.2) is 42.7 Å². The standard InChI is InChI=1S/C18H22ClN5O2/c1-11-8-16(23-18(20)22-11)24-6-3-7-26-10-15(24)13-5-4-12(9-14(13)19)17(25)21-2/h4-5,8-9,15H,3,6-7,10H2,1-2H3,(H,21,25)(H2,20,22,23). The van der Waals surface area contributed by atoms with E-state index in [1.807, 2.05) is 19.1 Å². The highest BCUT2D eigenvalue weighted by Crippen LogP contribution is 2.33. The summed E-state index contributed by atoms with van der Waals surface area (Å²) in [5.74, 6) is 0.813. The number of aromatic nitrogens is 2. The number of amides is 1. The average molecular weight is 376 g/mol. The Morgan fingerprint density at radius 2 is 2.19 bits per heavy atom. The van der Waals surface area contributed by atoms with Crippen molar-refractivity contribution in [3.8, 4) is 0 Å². The number of hydrogen-bond donors (Lipinski definition) is 2. The Balaban J connectivity index is 2.00. The van der Waals surface area contributed by atoms with Crippen molar-refractivity contribution in [3.05, 3.63) is 46.1 Å². The highest BCUT2D eigenvalue weighted by molar-refractivity contribution is 6.31. The maximum atomic E-state index is 11.8. The van der Waals surface area contributed by atoms with Crippen LogP contribution in [0.2, 0.25) is 5.02 Å². The summed E-state index contributed by atoms with van der Waals surface area (Å²) in [5.41, 5.74) is 8.04. The molecular weight excluding hydrogens is 354 g/mol. The molecule has 26 heavy (non-hydrogen) atoms. The summed E-state index contributed by atoms with van der Waals surface area (Å²) in [6, 6.07) is 7.09. The molecule has 0 bridgehead atoms. The van der Waals surface area contributed by atoms with Crippen molar-refractivity contribution >= 4 is 29.3 Å². The zero-order chi connectivity index (χ0) is 18.7. The van der Waals surface area contributed by atoms with Gasteiger partial charge in [0.15, 0.2) is 0 Å². The summed E-state index contributed by atoms with van der Waals surface area (Å²) >= 11 is 6.51. The lowest BCUT2D eigenvalue weighted by atomic mass is 10.0. The molecule has 1 amide bonds. The molecule has 0 radical (unpaired) electrons. The summed E-state index contributed by atoms with van der Waals surface area (Å²) < 4.78 is 5.77. The van der Waals surface area contributed by atoms with Crippen LogP contribution >= 0.6 is 11.6 Å². The molecule has 2 heterocycles. The predicted molar refractivity (Wildman–Crippen MR) is 102 cm³/mol. The van der Waals surface area contributed by atoms with Crippen molar-refractivity contribution in [1.82, 2.24) is 15.3 Å². The van der Waals surface area contributed by atoms with Gasteiger partial charge in [-0.25, -0.2) is 4.98 Å². The molecular formula is C18H22ClN5O2. The minimum Gasteiger partial charge on any atom is -0.379 e. The fraction of sp³-hybridized carbons (Fsp3) is 0.389. The molecule has 7 nitrogen and oxygen atoms in total. The molecule has 1 saturated heterocycles. The first-order valence-electron chi connectivity index (χ1n) is 8.46. The number of hydrogen-bond acceptors (Lipinski definition) is 6. The number of carbonyl (C=O) groups is 1. The van der Waals surface area contributed by atoms with Crippen LogP contribution in [0.5, 0.6) is 0 Å². The van der Waals surface area contributed by atoms with Crippen molar-refractivity contribution < 1.29 is 9.53 Å². The van der Waals surface area contributed by atoms with Crippen LogP contribution < -0.4 is 16.0 Å². The third-order valence-corrected chi connectivity index (χ3v) is 4.67. The zero-order valence-electron chi connectivity index (χ0n) is 14.8. The van der Waals surface area contributed by atoms with E-state index in [0.29, 0.717) is 23.8 Å². The SMILES string of the molecule is CNC(=O)c1ccc(C2COCCCN2c2cc(C)nc(N)n2)c(Cl)c1. The topological polar surface area (TPSA) is 93.4 Å². The number of benzene rings is 1. The van der Waals surface area contributed by atoms with E-state index < -0.39 is 0 Å². The first-order valence-corrected chi connectivity index (χ1v) is 8.84. The first kappa shape index (κ1) is 18.4. The van der Waals surface area contributed by atoms with Gasteiger partial charge in [0, 0.05) is 42.5 Å². The average Bonchev–Trinajstić information content (AvgIpc) is 2.86. The summed E-state index contributed by atoms with van der Waals surface area (Å²) in [6.45, 7) is 3.78.